The molecular formula is C15H13F3N2O2S. The molecule has 3 atom stereocenters. The number of fused-ring (bicyclic) bond motifs is 2. The fourth-order valence-corrected chi connectivity index (χ4v) is 3.47. The van der Waals surface area contributed by atoms with Gasteiger partial charge < -0.3 is 15.3 Å². The first-order valence-electron chi connectivity index (χ1n) is 6.95. The first-order valence-corrected chi connectivity index (χ1v) is 7.36. The Bertz CT molecular complexity index is 690. The van der Waals surface area contributed by atoms with Gasteiger partial charge >= 0.3 is 12.1 Å². The molecule has 2 N–H and O–H groups in total. The number of carboxylic acid groups (broad SMARTS) is 1. The van der Waals surface area contributed by atoms with Gasteiger partial charge in [0.05, 0.1) is 11.6 Å². The van der Waals surface area contributed by atoms with Gasteiger partial charge in [0.1, 0.15) is 6.04 Å². The third-order valence-electron chi connectivity index (χ3n) is 4.09. The van der Waals surface area contributed by atoms with Crippen molar-refractivity contribution in [2.24, 2.45) is 5.92 Å². The van der Waals surface area contributed by atoms with Crippen molar-refractivity contribution in [3.05, 3.63) is 42.0 Å². The second kappa shape index (κ2) is 5.52. The van der Waals surface area contributed by atoms with Gasteiger partial charge in [0.15, 0.2) is 5.11 Å². The zero-order valence-electron chi connectivity index (χ0n) is 11.7. The van der Waals surface area contributed by atoms with Crippen LogP contribution in [0, 0.1) is 5.92 Å². The second-order valence-electron chi connectivity index (χ2n) is 5.55. The Morgan fingerprint density at radius 2 is 2.09 bits per heavy atom. The highest BCUT2D eigenvalue weighted by Crippen LogP contribution is 2.38. The molecule has 0 radical (unpaired) electrons. The number of thiocarbonyl (C=S) groups is 1. The minimum atomic E-state index is -4.45. The number of halogens is 3. The summed E-state index contributed by atoms with van der Waals surface area (Å²) in [5, 5.41) is 12.2. The van der Waals surface area contributed by atoms with E-state index in [9.17, 15) is 23.1 Å². The average molecular weight is 342 g/mol. The van der Waals surface area contributed by atoms with Crippen molar-refractivity contribution >= 4 is 29.0 Å². The molecule has 1 aromatic carbocycles. The maximum atomic E-state index is 12.7. The van der Waals surface area contributed by atoms with E-state index in [0.29, 0.717) is 6.42 Å². The predicted octanol–water partition coefficient (Wildman–Crippen LogP) is 3.12. The normalized spacial score (nSPS) is 25.7. The number of nitrogens with one attached hydrogen (secondary N) is 1. The number of aliphatic carboxylic acids is 1. The first-order chi connectivity index (χ1) is 10.8. The van der Waals surface area contributed by atoms with Crippen LogP contribution in [0.15, 0.2) is 36.4 Å². The van der Waals surface area contributed by atoms with Crippen LogP contribution in [-0.2, 0) is 11.0 Å². The molecule has 1 fully saturated rings. The van der Waals surface area contributed by atoms with E-state index < -0.39 is 23.8 Å². The Labute approximate surface area is 135 Å². The van der Waals surface area contributed by atoms with Crippen LogP contribution < -0.4 is 5.32 Å². The van der Waals surface area contributed by atoms with E-state index >= 15 is 0 Å². The van der Waals surface area contributed by atoms with Gasteiger partial charge in [-0.25, -0.2) is 4.79 Å². The van der Waals surface area contributed by atoms with E-state index in [-0.39, 0.29) is 22.8 Å². The zero-order valence-corrected chi connectivity index (χ0v) is 12.6. The number of hydrogen-bond donors (Lipinski definition) is 2. The molecule has 4 nitrogen and oxygen atoms in total. The van der Waals surface area contributed by atoms with E-state index in [1.54, 1.807) is 4.90 Å². The van der Waals surface area contributed by atoms with E-state index in [1.807, 2.05) is 12.2 Å². The van der Waals surface area contributed by atoms with Gasteiger partial charge in [-0.2, -0.15) is 13.2 Å². The number of benzene rings is 1. The van der Waals surface area contributed by atoms with Crippen molar-refractivity contribution < 1.29 is 23.1 Å². The third-order valence-corrected chi connectivity index (χ3v) is 4.40. The molecule has 3 unspecified atom stereocenters. The summed E-state index contributed by atoms with van der Waals surface area (Å²) in [4.78, 5) is 13.0. The fraction of sp³-hybridized carbons (Fsp3) is 0.333. The summed E-state index contributed by atoms with van der Waals surface area (Å²) in [5.74, 6) is -1.12. The lowest BCUT2D eigenvalue weighted by molar-refractivity contribution is -0.142. The number of hydrogen-bond acceptors (Lipinski definition) is 2. The van der Waals surface area contributed by atoms with Crippen molar-refractivity contribution in [1.29, 1.82) is 0 Å². The quantitative estimate of drug-likeness (QED) is 0.639. The van der Waals surface area contributed by atoms with E-state index in [0.717, 1.165) is 12.1 Å². The monoisotopic (exact) mass is 342 g/mol. The molecule has 0 aromatic heterocycles. The second-order valence-corrected chi connectivity index (χ2v) is 5.94. The molecule has 2 aliphatic rings. The summed E-state index contributed by atoms with van der Waals surface area (Å²) in [6, 6.07) is 3.74. The molecule has 2 bridgehead atoms. The lowest BCUT2D eigenvalue weighted by atomic mass is 10.0. The molecule has 0 amide bonds. The highest BCUT2D eigenvalue weighted by Gasteiger charge is 2.47. The molecule has 1 aliphatic carbocycles. The molecule has 122 valence electrons. The van der Waals surface area contributed by atoms with Crippen LogP contribution in [0.2, 0.25) is 0 Å². The largest absolute Gasteiger partial charge is 0.480 e. The van der Waals surface area contributed by atoms with Crippen LogP contribution >= 0.6 is 12.2 Å². The van der Waals surface area contributed by atoms with Gasteiger partial charge in [-0.05, 0) is 36.8 Å². The van der Waals surface area contributed by atoms with Crippen molar-refractivity contribution in [1.82, 2.24) is 4.90 Å². The third kappa shape index (κ3) is 2.90. The van der Waals surface area contributed by atoms with Crippen LogP contribution in [0.1, 0.15) is 12.0 Å². The minimum Gasteiger partial charge on any atom is -0.480 e. The van der Waals surface area contributed by atoms with Gasteiger partial charge in [0.25, 0.3) is 0 Å². The lowest BCUT2D eigenvalue weighted by Gasteiger charge is -2.32. The van der Waals surface area contributed by atoms with Crippen molar-refractivity contribution in [2.45, 2.75) is 24.7 Å². The summed E-state index contributed by atoms with van der Waals surface area (Å²) < 4.78 is 38.2. The van der Waals surface area contributed by atoms with E-state index in [4.69, 9.17) is 12.2 Å². The predicted molar refractivity (Wildman–Crippen MR) is 82.0 cm³/mol. The summed E-state index contributed by atoms with van der Waals surface area (Å²) >= 11 is 5.23. The van der Waals surface area contributed by atoms with Crippen LogP contribution in [0.5, 0.6) is 0 Å². The Kier molecular flexibility index (Phi) is 3.79. The van der Waals surface area contributed by atoms with Gasteiger partial charge in [-0.1, -0.05) is 18.2 Å². The van der Waals surface area contributed by atoms with Gasteiger partial charge in [-0.15, -0.1) is 0 Å². The van der Waals surface area contributed by atoms with Gasteiger partial charge in [0, 0.05) is 11.6 Å². The van der Waals surface area contributed by atoms with Crippen molar-refractivity contribution in [3.63, 3.8) is 0 Å². The molecule has 1 aromatic rings. The van der Waals surface area contributed by atoms with E-state index in [2.05, 4.69) is 5.32 Å². The zero-order chi connectivity index (χ0) is 16.8. The van der Waals surface area contributed by atoms with Crippen molar-refractivity contribution in [3.8, 4) is 0 Å². The van der Waals surface area contributed by atoms with Crippen LogP contribution in [0.3, 0.4) is 0 Å². The van der Waals surface area contributed by atoms with Gasteiger partial charge in [0.2, 0.25) is 0 Å². The van der Waals surface area contributed by atoms with E-state index in [1.165, 1.54) is 12.1 Å². The Hall–Kier alpha value is -2.09. The number of carboxylic acids is 1. The lowest BCUT2D eigenvalue weighted by Crippen LogP contribution is -2.49. The van der Waals surface area contributed by atoms with Crippen LogP contribution in [0.4, 0.5) is 18.9 Å². The molecule has 1 aliphatic heterocycles. The van der Waals surface area contributed by atoms with Crippen LogP contribution in [0.25, 0.3) is 0 Å². The minimum absolute atomic E-state index is 0.119. The summed E-state index contributed by atoms with van der Waals surface area (Å²) in [6.07, 6.45) is -0.0587. The Morgan fingerprint density at radius 1 is 1.35 bits per heavy atom. The molecule has 8 heteroatoms. The van der Waals surface area contributed by atoms with Crippen LogP contribution in [-0.4, -0.2) is 33.2 Å². The number of anilines is 1. The fourth-order valence-electron chi connectivity index (χ4n) is 3.10. The summed E-state index contributed by atoms with van der Waals surface area (Å²) in [5.41, 5.74) is -0.608. The molecule has 23 heavy (non-hydrogen) atoms. The smallest absolute Gasteiger partial charge is 0.416 e. The Morgan fingerprint density at radius 3 is 2.74 bits per heavy atom. The topological polar surface area (TPSA) is 52.6 Å². The molecular weight excluding hydrogens is 329 g/mol. The number of carbonyl (C=O) groups is 1. The molecule has 0 spiro atoms. The SMILES string of the molecule is O=C(O)C1C2C=CC(C2)N1C(=S)Nc1cccc(C(F)(F)F)c1. The average Bonchev–Trinajstić information content (AvgIpc) is 3.07. The number of alkyl halides is 3. The highest BCUT2D eigenvalue weighted by atomic mass is 32.1. The number of rotatable bonds is 2. The summed E-state index contributed by atoms with van der Waals surface area (Å²) in [6.45, 7) is 0. The number of nitrogens with zero attached hydrogens (tertiary/aromatic N) is 1. The maximum Gasteiger partial charge on any atom is 0.416 e. The maximum absolute atomic E-state index is 12.7. The van der Waals surface area contributed by atoms with Gasteiger partial charge in [-0.3, -0.25) is 0 Å². The molecule has 1 saturated heterocycles. The standard InChI is InChI=1S/C15H13F3N2O2S/c16-15(17,18)9-2-1-3-10(7-9)19-14(23)20-11-5-4-8(6-11)12(20)13(21)22/h1-5,7-8,11-12H,6H2,(H,19,23)(H,21,22). The van der Waals surface area contributed by atoms with Crippen molar-refractivity contribution in [2.75, 3.05) is 5.32 Å². The Balaban J connectivity index is 1.80. The first kappa shape index (κ1) is 15.8. The number of likely N-dealkylation sites (tertiary alicyclic amines) is 1. The molecule has 3 rings (SSSR count). The molecule has 1 heterocycles. The highest BCUT2D eigenvalue weighted by molar-refractivity contribution is 7.80. The summed E-state index contributed by atoms with van der Waals surface area (Å²) in [7, 11) is 0. The molecule has 0 saturated carbocycles.